The second kappa shape index (κ2) is 6.10. The quantitative estimate of drug-likeness (QED) is 0.821. The lowest BCUT2D eigenvalue weighted by Crippen LogP contribution is -2.33. The fourth-order valence-corrected chi connectivity index (χ4v) is 2.09. The van der Waals surface area contributed by atoms with Gasteiger partial charge in [-0.2, -0.15) is 0 Å². The number of hydrogen-bond acceptors (Lipinski definition) is 2. The molecule has 0 saturated carbocycles. The van der Waals surface area contributed by atoms with Crippen LogP contribution in [0.5, 0.6) is 5.75 Å². The third-order valence-electron chi connectivity index (χ3n) is 3.39. The summed E-state index contributed by atoms with van der Waals surface area (Å²) in [5, 5.41) is 0.512. The standard InChI is InChI=1S/C17H17ClO2/c1-17(2,13-8-4-3-5-9-13)16(19)12-20-15-11-7-6-10-14(15)18/h3-11H,12H2,1-2H3. The highest BCUT2D eigenvalue weighted by Crippen LogP contribution is 2.26. The van der Waals surface area contributed by atoms with E-state index in [1.165, 1.54) is 0 Å². The van der Waals surface area contributed by atoms with E-state index >= 15 is 0 Å². The summed E-state index contributed by atoms with van der Waals surface area (Å²) in [6.45, 7) is 3.81. The molecular formula is C17H17ClO2. The molecule has 0 radical (unpaired) electrons. The van der Waals surface area contributed by atoms with Crippen LogP contribution < -0.4 is 4.74 Å². The summed E-state index contributed by atoms with van der Waals surface area (Å²) in [6.07, 6.45) is 0. The zero-order valence-corrected chi connectivity index (χ0v) is 12.4. The summed E-state index contributed by atoms with van der Waals surface area (Å²) in [4.78, 5) is 12.4. The summed E-state index contributed by atoms with van der Waals surface area (Å²) in [6, 6.07) is 16.8. The molecule has 0 bridgehead atoms. The van der Waals surface area contributed by atoms with E-state index in [4.69, 9.17) is 16.3 Å². The number of carbonyl (C=O) groups is 1. The highest BCUT2D eigenvalue weighted by molar-refractivity contribution is 6.32. The Kier molecular flexibility index (Phi) is 4.46. The molecule has 104 valence electrons. The minimum absolute atomic E-state index is 0.00558. The van der Waals surface area contributed by atoms with Gasteiger partial charge < -0.3 is 4.74 Å². The average molecular weight is 289 g/mol. The lowest BCUT2D eigenvalue weighted by molar-refractivity contribution is -0.125. The lowest BCUT2D eigenvalue weighted by Gasteiger charge is -2.23. The Bertz CT molecular complexity index is 591. The molecule has 20 heavy (non-hydrogen) atoms. The molecule has 0 heterocycles. The minimum Gasteiger partial charge on any atom is -0.484 e. The first-order valence-electron chi connectivity index (χ1n) is 6.48. The normalized spacial score (nSPS) is 11.2. The maximum Gasteiger partial charge on any atom is 0.180 e. The van der Waals surface area contributed by atoms with E-state index in [0.717, 1.165) is 5.56 Å². The van der Waals surface area contributed by atoms with Gasteiger partial charge in [0.2, 0.25) is 0 Å². The third-order valence-corrected chi connectivity index (χ3v) is 3.70. The van der Waals surface area contributed by atoms with Gasteiger partial charge in [-0.1, -0.05) is 54.1 Å². The zero-order valence-electron chi connectivity index (χ0n) is 11.6. The van der Waals surface area contributed by atoms with E-state index in [0.29, 0.717) is 10.8 Å². The number of ether oxygens (including phenoxy) is 1. The Labute approximate surface area is 124 Å². The number of Topliss-reactive ketones (excluding diaryl/α,β-unsaturated/α-hetero) is 1. The molecule has 0 amide bonds. The number of rotatable bonds is 5. The first-order chi connectivity index (χ1) is 9.51. The number of benzene rings is 2. The van der Waals surface area contributed by atoms with Crippen molar-refractivity contribution in [3.8, 4) is 5.75 Å². The molecular weight excluding hydrogens is 272 g/mol. The van der Waals surface area contributed by atoms with Gasteiger partial charge in [0.25, 0.3) is 0 Å². The molecule has 0 unspecified atom stereocenters. The van der Waals surface area contributed by atoms with E-state index in [9.17, 15) is 4.79 Å². The molecule has 0 N–H and O–H groups in total. The third kappa shape index (κ3) is 3.20. The molecule has 3 heteroatoms. The van der Waals surface area contributed by atoms with Gasteiger partial charge in [-0.05, 0) is 31.5 Å². The van der Waals surface area contributed by atoms with Crippen LogP contribution in [0.25, 0.3) is 0 Å². The van der Waals surface area contributed by atoms with Gasteiger partial charge in [0, 0.05) is 0 Å². The van der Waals surface area contributed by atoms with E-state index in [2.05, 4.69) is 0 Å². The molecule has 0 aliphatic rings. The summed E-state index contributed by atoms with van der Waals surface area (Å²) < 4.78 is 5.52. The van der Waals surface area contributed by atoms with Crippen LogP contribution in [0.3, 0.4) is 0 Å². The van der Waals surface area contributed by atoms with Crippen molar-refractivity contribution < 1.29 is 9.53 Å². The van der Waals surface area contributed by atoms with Crippen LogP contribution in [0.4, 0.5) is 0 Å². The maximum absolute atomic E-state index is 12.4. The average Bonchev–Trinajstić information content (AvgIpc) is 2.47. The van der Waals surface area contributed by atoms with Crippen molar-refractivity contribution in [2.45, 2.75) is 19.3 Å². The van der Waals surface area contributed by atoms with Crippen molar-refractivity contribution in [1.29, 1.82) is 0 Å². The van der Waals surface area contributed by atoms with Gasteiger partial charge in [0.15, 0.2) is 5.78 Å². The van der Waals surface area contributed by atoms with Crippen LogP contribution in [0.15, 0.2) is 54.6 Å². The summed E-state index contributed by atoms with van der Waals surface area (Å²) in [7, 11) is 0. The largest absolute Gasteiger partial charge is 0.484 e. The van der Waals surface area contributed by atoms with E-state index in [-0.39, 0.29) is 12.4 Å². The highest BCUT2D eigenvalue weighted by atomic mass is 35.5. The van der Waals surface area contributed by atoms with E-state index in [1.54, 1.807) is 12.1 Å². The predicted octanol–water partition coefficient (Wildman–Crippen LogP) is 4.27. The molecule has 0 aromatic heterocycles. The monoisotopic (exact) mass is 288 g/mol. The summed E-state index contributed by atoms with van der Waals surface area (Å²) >= 11 is 6.00. The first-order valence-corrected chi connectivity index (χ1v) is 6.86. The van der Waals surface area contributed by atoms with Gasteiger partial charge in [-0.25, -0.2) is 0 Å². The molecule has 0 atom stereocenters. The molecule has 2 aromatic rings. The fourth-order valence-electron chi connectivity index (χ4n) is 1.90. The molecule has 0 spiro atoms. The predicted molar refractivity (Wildman–Crippen MR) is 81.4 cm³/mol. The SMILES string of the molecule is CC(C)(C(=O)COc1ccccc1Cl)c1ccccc1. The number of ketones is 1. The second-order valence-electron chi connectivity index (χ2n) is 5.13. The van der Waals surface area contributed by atoms with Crippen LogP contribution in [0.1, 0.15) is 19.4 Å². The molecule has 0 saturated heterocycles. The Hall–Kier alpha value is -1.80. The lowest BCUT2D eigenvalue weighted by atomic mass is 9.81. The van der Waals surface area contributed by atoms with Crippen LogP contribution in [-0.4, -0.2) is 12.4 Å². The molecule has 2 rings (SSSR count). The molecule has 0 aliphatic heterocycles. The van der Waals surface area contributed by atoms with Crippen molar-refractivity contribution in [3.63, 3.8) is 0 Å². The summed E-state index contributed by atoms with van der Waals surface area (Å²) in [5.74, 6) is 0.551. The van der Waals surface area contributed by atoms with Crippen molar-refractivity contribution >= 4 is 17.4 Å². The van der Waals surface area contributed by atoms with Gasteiger partial charge >= 0.3 is 0 Å². The molecule has 0 aliphatic carbocycles. The van der Waals surface area contributed by atoms with Crippen LogP contribution >= 0.6 is 11.6 Å². The Morgan fingerprint density at radius 3 is 2.30 bits per heavy atom. The number of hydrogen-bond donors (Lipinski definition) is 0. The topological polar surface area (TPSA) is 26.3 Å². The van der Waals surface area contributed by atoms with Crippen LogP contribution in [0.2, 0.25) is 5.02 Å². The summed E-state index contributed by atoms with van der Waals surface area (Å²) in [5.41, 5.74) is 0.399. The zero-order chi connectivity index (χ0) is 14.6. The number of para-hydroxylation sites is 1. The Morgan fingerprint density at radius 1 is 1.05 bits per heavy atom. The smallest absolute Gasteiger partial charge is 0.180 e. The fraction of sp³-hybridized carbons (Fsp3) is 0.235. The van der Waals surface area contributed by atoms with Crippen LogP contribution in [-0.2, 0) is 10.2 Å². The van der Waals surface area contributed by atoms with Crippen molar-refractivity contribution in [2.24, 2.45) is 0 Å². The molecule has 2 aromatic carbocycles. The Balaban J connectivity index is 2.07. The van der Waals surface area contributed by atoms with Gasteiger partial charge in [-0.15, -0.1) is 0 Å². The van der Waals surface area contributed by atoms with Gasteiger partial charge in [0.1, 0.15) is 12.4 Å². The second-order valence-corrected chi connectivity index (χ2v) is 5.54. The minimum atomic E-state index is -0.581. The molecule has 0 fully saturated rings. The maximum atomic E-state index is 12.4. The van der Waals surface area contributed by atoms with Gasteiger partial charge in [0.05, 0.1) is 10.4 Å². The molecule has 2 nitrogen and oxygen atoms in total. The van der Waals surface area contributed by atoms with E-state index in [1.807, 2.05) is 56.3 Å². The van der Waals surface area contributed by atoms with Crippen molar-refractivity contribution in [1.82, 2.24) is 0 Å². The van der Waals surface area contributed by atoms with Crippen molar-refractivity contribution in [2.75, 3.05) is 6.61 Å². The number of carbonyl (C=O) groups excluding carboxylic acids is 1. The Morgan fingerprint density at radius 2 is 1.65 bits per heavy atom. The first kappa shape index (κ1) is 14.6. The van der Waals surface area contributed by atoms with E-state index < -0.39 is 5.41 Å². The highest BCUT2D eigenvalue weighted by Gasteiger charge is 2.29. The van der Waals surface area contributed by atoms with Gasteiger partial charge in [-0.3, -0.25) is 4.79 Å². The van der Waals surface area contributed by atoms with Crippen LogP contribution in [0, 0.1) is 0 Å². The number of halogens is 1. The van der Waals surface area contributed by atoms with Crippen molar-refractivity contribution in [3.05, 3.63) is 65.2 Å².